The number of thiophene rings is 1. The summed E-state index contributed by atoms with van der Waals surface area (Å²) in [5, 5.41) is 0.167. The lowest BCUT2D eigenvalue weighted by molar-refractivity contribution is -0.139. The van der Waals surface area contributed by atoms with E-state index in [-0.39, 0.29) is 11.2 Å². The van der Waals surface area contributed by atoms with Gasteiger partial charge in [-0.1, -0.05) is 0 Å². The predicted octanol–water partition coefficient (Wildman–Crippen LogP) is 2.81. The number of carbonyl (C=O) groups is 1. The fraction of sp³-hybridized carbons (Fsp3) is 0.500. The molecule has 2 N–H and O–H groups in total. The number of halogens is 1. The van der Waals surface area contributed by atoms with E-state index in [0.29, 0.717) is 18.9 Å². The first-order valence-electron chi connectivity index (χ1n) is 4.90. The molecule has 0 spiro atoms. The predicted molar refractivity (Wildman–Crippen MR) is 72.9 cm³/mol. The molecule has 3 nitrogen and oxygen atoms in total. The van der Waals surface area contributed by atoms with Gasteiger partial charge in [-0.2, -0.15) is 0 Å². The summed E-state index contributed by atoms with van der Waals surface area (Å²) in [5.74, 6) is 0.173. The van der Waals surface area contributed by atoms with Crippen LogP contribution in [0.25, 0.3) is 0 Å². The van der Waals surface area contributed by atoms with Gasteiger partial charge < -0.3 is 10.5 Å². The van der Waals surface area contributed by atoms with Crippen LogP contribution in [0, 0.1) is 0 Å². The van der Waals surface area contributed by atoms with Gasteiger partial charge in [0, 0.05) is 11.4 Å². The summed E-state index contributed by atoms with van der Waals surface area (Å²) in [6, 6.07) is 4.03. The Morgan fingerprint density at radius 1 is 1.69 bits per heavy atom. The summed E-state index contributed by atoms with van der Waals surface area (Å²) in [7, 11) is 0. The van der Waals surface area contributed by atoms with Crippen LogP contribution in [0.4, 0.5) is 0 Å². The average Bonchev–Trinajstić information content (AvgIpc) is 2.66. The molecule has 0 amide bonds. The zero-order valence-electron chi connectivity index (χ0n) is 8.94. The smallest absolute Gasteiger partial charge is 0.315 e. The molecule has 1 aromatic rings. The Labute approximate surface area is 112 Å². The number of hydrogen-bond acceptors (Lipinski definition) is 5. The summed E-state index contributed by atoms with van der Waals surface area (Å²) in [5.41, 5.74) is 5.69. The van der Waals surface area contributed by atoms with Crippen LogP contribution >= 0.6 is 39.0 Å². The molecule has 0 saturated carbocycles. The molecule has 6 heteroatoms. The summed E-state index contributed by atoms with van der Waals surface area (Å²) >= 11 is 6.59. The lowest BCUT2D eigenvalue weighted by Gasteiger charge is -2.11. The van der Waals surface area contributed by atoms with Crippen molar-refractivity contribution in [2.45, 2.75) is 12.2 Å². The highest BCUT2D eigenvalue weighted by Crippen LogP contribution is 2.34. The second-order valence-electron chi connectivity index (χ2n) is 2.98. The topological polar surface area (TPSA) is 52.3 Å². The van der Waals surface area contributed by atoms with Crippen LogP contribution in [0.2, 0.25) is 0 Å². The molecule has 0 aromatic carbocycles. The van der Waals surface area contributed by atoms with Crippen molar-refractivity contribution in [3.63, 3.8) is 0 Å². The van der Waals surface area contributed by atoms with E-state index in [4.69, 9.17) is 10.5 Å². The van der Waals surface area contributed by atoms with Gasteiger partial charge in [-0.25, -0.2) is 0 Å². The van der Waals surface area contributed by atoms with Crippen molar-refractivity contribution in [1.29, 1.82) is 0 Å². The number of nitrogens with two attached hydrogens (primary N) is 1. The van der Waals surface area contributed by atoms with Gasteiger partial charge in [-0.3, -0.25) is 4.79 Å². The van der Waals surface area contributed by atoms with Gasteiger partial charge in [0.25, 0.3) is 0 Å². The summed E-state index contributed by atoms with van der Waals surface area (Å²) in [6.07, 6.45) is 0. The first-order valence-corrected chi connectivity index (χ1v) is 7.55. The third kappa shape index (κ3) is 4.45. The van der Waals surface area contributed by atoms with Gasteiger partial charge in [0.1, 0.15) is 0 Å². The second kappa shape index (κ2) is 7.32. The zero-order valence-corrected chi connectivity index (χ0v) is 12.2. The van der Waals surface area contributed by atoms with Crippen molar-refractivity contribution in [2.24, 2.45) is 5.73 Å². The largest absolute Gasteiger partial charge is 0.465 e. The molecule has 1 heterocycles. The van der Waals surface area contributed by atoms with Gasteiger partial charge in [-0.05, 0) is 35.0 Å². The summed E-state index contributed by atoms with van der Waals surface area (Å²) in [6.45, 7) is 2.76. The summed E-state index contributed by atoms with van der Waals surface area (Å²) in [4.78, 5) is 12.4. The molecule has 1 aromatic heterocycles. The number of hydrogen-bond donors (Lipinski definition) is 1. The molecule has 0 bridgehead atoms. The standard InChI is InChI=1S/C10H14BrNO2S2/c1-2-14-10(13)6-15-8(5-12)7-3-4-9(11)16-7/h3-4,8H,2,5-6,12H2,1H3. The lowest BCUT2D eigenvalue weighted by Crippen LogP contribution is -2.13. The fourth-order valence-corrected chi connectivity index (χ4v) is 3.70. The Hall–Kier alpha value is -0.0400. The van der Waals surface area contributed by atoms with Crippen LogP contribution in [-0.4, -0.2) is 24.9 Å². The Morgan fingerprint density at radius 2 is 2.44 bits per heavy atom. The summed E-state index contributed by atoms with van der Waals surface area (Å²) < 4.78 is 5.95. The van der Waals surface area contributed by atoms with Crippen molar-refractivity contribution in [3.05, 3.63) is 20.8 Å². The number of ether oxygens (including phenoxy) is 1. The van der Waals surface area contributed by atoms with Crippen molar-refractivity contribution in [2.75, 3.05) is 18.9 Å². The molecule has 16 heavy (non-hydrogen) atoms. The third-order valence-electron chi connectivity index (χ3n) is 1.83. The van der Waals surface area contributed by atoms with Gasteiger partial charge in [0.15, 0.2) is 0 Å². The normalized spacial score (nSPS) is 12.4. The van der Waals surface area contributed by atoms with E-state index in [9.17, 15) is 4.79 Å². The number of carbonyl (C=O) groups excluding carboxylic acids is 1. The second-order valence-corrected chi connectivity index (χ2v) is 6.67. The van der Waals surface area contributed by atoms with Crippen LogP contribution in [0.5, 0.6) is 0 Å². The molecule has 0 saturated heterocycles. The Kier molecular flexibility index (Phi) is 6.41. The fourth-order valence-electron chi connectivity index (χ4n) is 1.14. The van der Waals surface area contributed by atoms with Gasteiger partial charge in [0.05, 0.1) is 21.4 Å². The van der Waals surface area contributed by atoms with Crippen molar-refractivity contribution in [3.8, 4) is 0 Å². The molecule has 0 fully saturated rings. The molecular formula is C10H14BrNO2S2. The minimum atomic E-state index is -0.179. The lowest BCUT2D eigenvalue weighted by atomic mass is 10.3. The third-order valence-corrected chi connectivity index (χ3v) is 4.97. The maximum atomic E-state index is 11.2. The van der Waals surface area contributed by atoms with E-state index in [1.54, 1.807) is 18.3 Å². The molecular weight excluding hydrogens is 310 g/mol. The first-order chi connectivity index (χ1) is 7.67. The minimum Gasteiger partial charge on any atom is -0.465 e. The number of rotatable bonds is 6. The van der Waals surface area contributed by atoms with Gasteiger partial charge in [-0.15, -0.1) is 23.1 Å². The SMILES string of the molecule is CCOC(=O)CSC(CN)c1ccc(Br)s1. The van der Waals surface area contributed by atoms with E-state index in [1.807, 2.05) is 12.1 Å². The maximum Gasteiger partial charge on any atom is 0.315 e. The average molecular weight is 324 g/mol. The van der Waals surface area contributed by atoms with Crippen LogP contribution in [0.1, 0.15) is 17.1 Å². The highest BCUT2D eigenvalue weighted by molar-refractivity contribution is 9.11. The van der Waals surface area contributed by atoms with E-state index in [1.165, 1.54) is 16.6 Å². The molecule has 0 aliphatic rings. The zero-order chi connectivity index (χ0) is 12.0. The molecule has 1 unspecified atom stereocenters. The molecule has 1 atom stereocenters. The minimum absolute atomic E-state index is 0.167. The molecule has 90 valence electrons. The molecule has 0 aliphatic heterocycles. The van der Waals surface area contributed by atoms with Crippen LogP contribution < -0.4 is 5.73 Å². The van der Waals surface area contributed by atoms with Crippen LogP contribution in [0.15, 0.2) is 15.9 Å². The monoisotopic (exact) mass is 323 g/mol. The highest BCUT2D eigenvalue weighted by Gasteiger charge is 2.14. The Balaban J connectivity index is 2.46. The number of thioether (sulfide) groups is 1. The van der Waals surface area contributed by atoms with Crippen molar-refractivity contribution in [1.82, 2.24) is 0 Å². The first kappa shape index (κ1) is 14.0. The Bertz CT molecular complexity index is 343. The van der Waals surface area contributed by atoms with E-state index in [2.05, 4.69) is 15.9 Å². The highest BCUT2D eigenvalue weighted by atomic mass is 79.9. The number of esters is 1. The van der Waals surface area contributed by atoms with Crippen LogP contribution in [-0.2, 0) is 9.53 Å². The molecule has 1 rings (SSSR count). The van der Waals surface area contributed by atoms with E-state index >= 15 is 0 Å². The quantitative estimate of drug-likeness (QED) is 0.818. The van der Waals surface area contributed by atoms with Gasteiger partial charge >= 0.3 is 5.97 Å². The maximum absolute atomic E-state index is 11.2. The van der Waals surface area contributed by atoms with E-state index in [0.717, 1.165) is 3.79 Å². The Morgan fingerprint density at radius 3 is 2.94 bits per heavy atom. The van der Waals surface area contributed by atoms with E-state index < -0.39 is 0 Å². The van der Waals surface area contributed by atoms with Gasteiger partial charge in [0.2, 0.25) is 0 Å². The van der Waals surface area contributed by atoms with Crippen molar-refractivity contribution < 1.29 is 9.53 Å². The van der Waals surface area contributed by atoms with Crippen molar-refractivity contribution >= 4 is 45.0 Å². The van der Waals surface area contributed by atoms with Crippen LogP contribution in [0.3, 0.4) is 0 Å². The molecule has 0 radical (unpaired) electrons. The molecule has 0 aliphatic carbocycles.